The number of hydrogen-bond donors (Lipinski definition) is 1. The second-order valence-corrected chi connectivity index (χ2v) is 6.34. The first kappa shape index (κ1) is 16.5. The maximum atomic E-state index is 12.3. The number of benzene rings is 2. The first-order valence-corrected chi connectivity index (χ1v) is 8.14. The van der Waals surface area contributed by atoms with Gasteiger partial charge in [0.05, 0.1) is 4.90 Å². The minimum absolute atomic E-state index is 0.0623. The predicted molar refractivity (Wildman–Crippen MR) is 84.8 cm³/mol. The summed E-state index contributed by atoms with van der Waals surface area (Å²) >= 11 is 0. The Labute approximate surface area is 134 Å². The van der Waals surface area contributed by atoms with E-state index in [1.165, 1.54) is 43.3 Å². The van der Waals surface area contributed by atoms with Crippen molar-refractivity contribution in [2.45, 2.75) is 11.8 Å². The van der Waals surface area contributed by atoms with Crippen LogP contribution in [-0.4, -0.2) is 20.8 Å². The van der Waals surface area contributed by atoms with E-state index in [0.717, 1.165) is 0 Å². The SMILES string of the molecule is CC(=O)c1ccc(S(=O)(=O)Nc2ccc(OCC#N)cc2)cc1. The highest BCUT2D eigenvalue weighted by molar-refractivity contribution is 7.92. The highest BCUT2D eigenvalue weighted by atomic mass is 32.2. The number of ketones is 1. The molecule has 7 heteroatoms. The van der Waals surface area contributed by atoms with Crippen LogP contribution >= 0.6 is 0 Å². The summed E-state index contributed by atoms with van der Waals surface area (Å²) in [5.41, 5.74) is 0.813. The molecule has 0 bridgehead atoms. The minimum atomic E-state index is -3.74. The summed E-state index contributed by atoms with van der Waals surface area (Å²) in [7, 11) is -3.74. The number of carbonyl (C=O) groups excluding carboxylic acids is 1. The summed E-state index contributed by atoms with van der Waals surface area (Å²) in [6.07, 6.45) is 0. The van der Waals surface area contributed by atoms with Crippen LogP contribution in [0.3, 0.4) is 0 Å². The molecule has 118 valence electrons. The van der Waals surface area contributed by atoms with Gasteiger partial charge in [-0.25, -0.2) is 8.42 Å². The topological polar surface area (TPSA) is 96.3 Å². The van der Waals surface area contributed by atoms with Crippen LogP contribution in [-0.2, 0) is 10.0 Å². The van der Waals surface area contributed by atoms with Gasteiger partial charge in [-0.05, 0) is 43.3 Å². The lowest BCUT2D eigenvalue weighted by atomic mass is 10.2. The van der Waals surface area contributed by atoms with E-state index >= 15 is 0 Å². The van der Waals surface area contributed by atoms with Gasteiger partial charge in [0, 0.05) is 11.3 Å². The van der Waals surface area contributed by atoms with Crippen LogP contribution in [0, 0.1) is 11.3 Å². The molecule has 0 aromatic heterocycles. The minimum Gasteiger partial charge on any atom is -0.479 e. The molecule has 0 spiro atoms. The van der Waals surface area contributed by atoms with Gasteiger partial charge in [-0.1, -0.05) is 12.1 Å². The monoisotopic (exact) mass is 330 g/mol. The van der Waals surface area contributed by atoms with Crippen molar-refractivity contribution in [3.05, 3.63) is 54.1 Å². The first-order valence-electron chi connectivity index (χ1n) is 6.66. The van der Waals surface area contributed by atoms with Gasteiger partial charge >= 0.3 is 0 Å². The van der Waals surface area contributed by atoms with Gasteiger partial charge < -0.3 is 4.74 Å². The summed E-state index contributed by atoms with van der Waals surface area (Å²) in [5.74, 6) is 0.343. The Morgan fingerprint density at radius 3 is 2.26 bits per heavy atom. The Morgan fingerprint density at radius 1 is 1.13 bits per heavy atom. The van der Waals surface area contributed by atoms with Crippen LogP contribution < -0.4 is 9.46 Å². The third kappa shape index (κ3) is 4.31. The van der Waals surface area contributed by atoms with Crippen molar-refractivity contribution >= 4 is 21.5 Å². The van der Waals surface area contributed by atoms with Crippen molar-refractivity contribution in [3.8, 4) is 11.8 Å². The Kier molecular flexibility index (Phi) is 4.98. The van der Waals surface area contributed by atoms with Crippen LogP contribution in [0.15, 0.2) is 53.4 Å². The van der Waals surface area contributed by atoms with Gasteiger partial charge in [0.1, 0.15) is 11.8 Å². The number of ether oxygens (including phenoxy) is 1. The first-order chi connectivity index (χ1) is 10.9. The van der Waals surface area contributed by atoms with Crippen LogP contribution in [0.1, 0.15) is 17.3 Å². The Bertz CT molecular complexity index is 835. The van der Waals surface area contributed by atoms with E-state index in [1.54, 1.807) is 12.1 Å². The fourth-order valence-corrected chi connectivity index (χ4v) is 2.88. The lowest BCUT2D eigenvalue weighted by Gasteiger charge is -2.09. The highest BCUT2D eigenvalue weighted by Crippen LogP contribution is 2.20. The Morgan fingerprint density at radius 2 is 1.74 bits per heavy atom. The van der Waals surface area contributed by atoms with Gasteiger partial charge in [0.15, 0.2) is 12.4 Å². The molecular weight excluding hydrogens is 316 g/mol. The Balaban J connectivity index is 2.14. The zero-order valence-electron chi connectivity index (χ0n) is 12.3. The van der Waals surface area contributed by atoms with E-state index in [2.05, 4.69) is 4.72 Å². The molecule has 0 fully saturated rings. The number of nitrogens with zero attached hydrogens (tertiary/aromatic N) is 1. The average Bonchev–Trinajstić information content (AvgIpc) is 2.54. The molecule has 0 unspecified atom stereocenters. The number of nitrogens with one attached hydrogen (secondary N) is 1. The summed E-state index contributed by atoms with van der Waals surface area (Å²) in [6.45, 7) is 1.34. The average molecular weight is 330 g/mol. The zero-order valence-corrected chi connectivity index (χ0v) is 13.1. The molecule has 0 radical (unpaired) electrons. The molecule has 23 heavy (non-hydrogen) atoms. The summed E-state index contributed by atoms with van der Waals surface area (Å²) < 4.78 is 32.1. The zero-order chi connectivity index (χ0) is 16.9. The molecule has 0 aliphatic carbocycles. The standard InChI is InChI=1S/C16H14N2O4S/c1-12(19)13-2-8-16(9-3-13)23(20,21)18-14-4-6-15(7-5-14)22-11-10-17/h2-9,18H,11H2,1H3. The normalized spacial score (nSPS) is 10.6. The predicted octanol–water partition coefficient (Wildman–Crippen LogP) is 2.59. The summed E-state index contributed by atoms with van der Waals surface area (Å²) in [6, 6.07) is 13.7. The molecule has 0 heterocycles. The lowest BCUT2D eigenvalue weighted by Crippen LogP contribution is -2.13. The van der Waals surface area contributed by atoms with Gasteiger partial charge in [0.25, 0.3) is 10.0 Å². The van der Waals surface area contributed by atoms with Gasteiger partial charge in [-0.15, -0.1) is 0 Å². The lowest BCUT2D eigenvalue weighted by molar-refractivity contribution is 0.101. The number of sulfonamides is 1. The van der Waals surface area contributed by atoms with Crippen molar-refractivity contribution in [1.29, 1.82) is 5.26 Å². The second kappa shape index (κ2) is 6.94. The van der Waals surface area contributed by atoms with Crippen LogP contribution in [0.4, 0.5) is 5.69 Å². The molecule has 0 atom stereocenters. The third-order valence-electron chi connectivity index (χ3n) is 2.98. The molecule has 6 nitrogen and oxygen atoms in total. The molecular formula is C16H14N2O4S. The van der Waals surface area contributed by atoms with Crippen molar-refractivity contribution in [3.63, 3.8) is 0 Å². The van der Waals surface area contributed by atoms with Crippen molar-refractivity contribution in [1.82, 2.24) is 0 Å². The van der Waals surface area contributed by atoms with E-state index in [1.807, 2.05) is 6.07 Å². The van der Waals surface area contributed by atoms with E-state index in [-0.39, 0.29) is 17.3 Å². The second-order valence-electron chi connectivity index (χ2n) is 4.66. The fraction of sp³-hybridized carbons (Fsp3) is 0.125. The van der Waals surface area contributed by atoms with Gasteiger partial charge in [0.2, 0.25) is 0 Å². The van der Waals surface area contributed by atoms with Crippen LogP contribution in [0.5, 0.6) is 5.75 Å². The largest absolute Gasteiger partial charge is 0.479 e. The smallest absolute Gasteiger partial charge is 0.261 e. The molecule has 0 saturated heterocycles. The van der Waals surface area contributed by atoms with Gasteiger partial charge in [-0.2, -0.15) is 5.26 Å². The van der Waals surface area contributed by atoms with Crippen LogP contribution in [0.2, 0.25) is 0 Å². The van der Waals surface area contributed by atoms with E-state index in [0.29, 0.717) is 17.0 Å². The summed E-state index contributed by atoms with van der Waals surface area (Å²) in [5, 5.41) is 8.43. The molecule has 0 aliphatic rings. The molecule has 0 amide bonds. The Hall–Kier alpha value is -2.85. The van der Waals surface area contributed by atoms with Crippen molar-refractivity contribution < 1.29 is 17.9 Å². The van der Waals surface area contributed by atoms with Crippen LogP contribution in [0.25, 0.3) is 0 Å². The molecule has 2 rings (SSSR count). The third-order valence-corrected chi connectivity index (χ3v) is 4.38. The number of rotatable bonds is 6. The van der Waals surface area contributed by atoms with E-state index < -0.39 is 10.0 Å². The number of Topliss-reactive ketones (excluding diaryl/α,β-unsaturated/α-hetero) is 1. The number of nitriles is 1. The maximum absolute atomic E-state index is 12.3. The summed E-state index contributed by atoms with van der Waals surface area (Å²) in [4.78, 5) is 11.3. The molecule has 1 N–H and O–H groups in total. The molecule has 2 aromatic carbocycles. The fourth-order valence-electron chi connectivity index (χ4n) is 1.82. The van der Waals surface area contributed by atoms with E-state index in [9.17, 15) is 13.2 Å². The van der Waals surface area contributed by atoms with Crippen molar-refractivity contribution in [2.75, 3.05) is 11.3 Å². The molecule has 2 aromatic rings. The van der Waals surface area contributed by atoms with Gasteiger partial charge in [-0.3, -0.25) is 9.52 Å². The highest BCUT2D eigenvalue weighted by Gasteiger charge is 2.14. The number of anilines is 1. The molecule has 0 saturated carbocycles. The molecule has 0 aliphatic heterocycles. The van der Waals surface area contributed by atoms with Crippen molar-refractivity contribution in [2.24, 2.45) is 0 Å². The maximum Gasteiger partial charge on any atom is 0.261 e. The number of hydrogen-bond acceptors (Lipinski definition) is 5. The number of carbonyl (C=O) groups is 1. The van der Waals surface area contributed by atoms with E-state index in [4.69, 9.17) is 10.00 Å². The quantitative estimate of drug-likeness (QED) is 0.821.